The number of carbonyl (C=O) groups excluding carboxylic acids is 1. The maximum Gasteiger partial charge on any atom is 0.223 e. The first-order valence-electron chi connectivity index (χ1n) is 9.20. The van der Waals surface area contributed by atoms with E-state index < -0.39 is 0 Å². The third kappa shape index (κ3) is 3.85. The monoisotopic (exact) mass is 353 g/mol. The van der Waals surface area contributed by atoms with Crippen LogP contribution in [0.5, 0.6) is 11.5 Å². The van der Waals surface area contributed by atoms with Crippen LogP contribution in [-0.4, -0.2) is 31.6 Å². The molecule has 0 N–H and O–H groups in total. The molecule has 0 saturated carbocycles. The predicted molar refractivity (Wildman–Crippen MR) is 103 cm³/mol. The standard InChI is InChI=1S/C22H27NO3/c1-16(17-8-5-4-6-9-17)14-22(24)23-13-7-10-20(23)19-12-11-18(25-2)15-21(19)26-3/h4-6,8-9,11-12,15-16,20H,7,10,13-14H2,1-3H3. The molecule has 138 valence electrons. The molecule has 4 heteroatoms. The molecule has 2 atom stereocenters. The summed E-state index contributed by atoms with van der Waals surface area (Å²) >= 11 is 0. The van der Waals surface area contributed by atoms with Gasteiger partial charge in [0, 0.05) is 24.6 Å². The average Bonchev–Trinajstić information content (AvgIpc) is 3.17. The summed E-state index contributed by atoms with van der Waals surface area (Å²) in [6.07, 6.45) is 2.51. The van der Waals surface area contributed by atoms with Crippen LogP contribution >= 0.6 is 0 Å². The third-order valence-electron chi connectivity index (χ3n) is 5.22. The number of hydrogen-bond donors (Lipinski definition) is 0. The van der Waals surface area contributed by atoms with E-state index >= 15 is 0 Å². The van der Waals surface area contributed by atoms with Crippen molar-refractivity contribution in [2.24, 2.45) is 0 Å². The topological polar surface area (TPSA) is 38.8 Å². The van der Waals surface area contributed by atoms with E-state index in [1.165, 1.54) is 5.56 Å². The molecule has 1 aliphatic heterocycles. The Labute approximate surface area is 155 Å². The number of rotatable bonds is 6. The van der Waals surface area contributed by atoms with E-state index in [1.807, 2.05) is 41.3 Å². The molecule has 1 amide bonds. The minimum absolute atomic E-state index is 0.0753. The zero-order chi connectivity index (χ0) is 18.5. The second kappa shape index (κ2) is 8.26. The molecule has 1 saturated heterocycles. The summed E-state index contributed by atoms with van der Waals surface area (Å²) in [5, 5.41) is 0. The highest BCUT2D eigenvalue weighted by atomic mass is 16.5. The Bertz CT molecular complexity index is 744. The van der Waals surface area contributed by atoms with E-state index in [-0.39, 0.29) is 17.9 Å². The molecule has 0 radical (unpaired) electrons. The van der Waals surface area contributed by atoms with E-state index in [0.29, 0.717) is 6.42 Å². The van der Waals surface area contributed by atoms with Crippen molar-refractivity contribution in [3.8, 4) is 11.5 Å². The second-order valence-electron chi connectivity index (χ2n) is 6.87. The fourth-order valence-electron chi connectivity index (χ4n) is 3.76. The Morgan fingerprint density at radius 3 is 2.62 bits per heavy atom. The molecule has 4 nitrogen and oxygen atoms in total. The number of benzene rings is 2. The maximum atomic E-state index is 13.0. The van der Waals surface area contributed by atoms with Gasteiger partial charge in [-0.15, -0.1) is 0 Å². The van der Waals surface area contributed by atoms with Gasteiger partial charge in [-0.2, -0.15) is 0 Å². The minimum atomic E-state index is 0.0753. The second-order valence-corrected chi connectivity index (χ2v) is 6.87. The van der Waals surface area contributed by atoms with Crippen LogP contribution in [0.1, 0.15) is 49.3 Å². The van der Waals surface area contributed by atoms with Crippen LogP contribution in [0, 0.1) is 0 Å². The van der Waals surface area contributed by atoms with Crippen molar-refractivity contribution in [1.82, 2.24) is 4.90 Å². The Morgan fingerprint density at radius 2 is 1.92 bits per heavy atom. The van der Waals surface area contributed by atoms with Crippen LogP contribution in [-0.2, 0) is 4.79 Å². The largest absolute Gasteiger partial charge is 0.497 e. The van der Waals surface area contributed by atoms with E-state index in [2.05, 4.69) is 19.1 Å². The summed E-state index contributed by atoms with van der Waals surface area (Å²) in [5.74, 6) is 1.97. The summed E-state index contributed by atoms with van der Waals surface area (Å²) in [5.41, 5.74) is 2.27. The van der Waals surface area contributed by atoms with Crippen molar-refractivity contribution in [1.29, 1.82) is 0 Å². The van der Waals surface area contributed by atoms with Crippen LogP contribution in [0.2, 0.25) is 0 Å². The van der Waals surface area contributed by atoms with Crippen molar-refractivity contribution >= 4 is 5.91 Å². The van der Waals surface area contributed by atoms with Crippen molar-refractivity contribution in [3.05, 3.63) is 59.7 Å². The van der Waals surface area contributed by atoms with Crippen LogP contribution in [0.4, 0.5) is 0 Å². The van der Waals surface area contributed by atoms with Gasteiger partial charge < -0.3 is 14.4 Å². The van der Waals surface area contributed by atoms with Gasteiger partial charge in [-0.25, -0.2) is 0 Å². The van der Waals surface area contributed by atoms with E-state index in [9.17, 15) is 4.79 Å². The highest BCUT2D eigenvalue weighted by Crippen LogP contribution is 2.39. The number of ether oxygens (including phenoxy) is 2. The molecule has 2 aromatic carbocycles. The van der Waals surface area contributed by atoms with Crippen LogP contribution in [0.15, 0.2) is 48.5 Å². The van der Waals surface area contributed by atoms with E-state index in [4.69, 9.17) is 9.47 Å². The number of hydrogen-bond acceptors (Lipinski definition) is 3. The average molecular weight is 353 g/mol. The van der Waals surface area contributed by atoms with Gasteiger partial charge in [0.2, 0.25) is 5.91 Å². The Balaban J connectivity index is 1.77. The molecule has 1 aliphatic rings. The lowest BCUT2D eigenvalue weighted by atomic mass is 9.96. The zero-order valence-corrected chi connectivity index (χ0v) is 15.8. The lowest BCUT2D eigenvalue weighted by Gasteiger charge is -2.27. The molecular weight excluding hydrogens is 326 g/mol. The third-order valence-corrected chi connectivity index (χ3v) is 5.22. The molecule has 2 unspecified atom stereocenters. The highest BCUT2D eigenvalue weighted by molar-refractivity contribution is 5.78. The molecule has 26 heavy (non-hydrogen) atoms. The van der Waals surface area contributed by atoms with Crippen molar-refractivity contribution in [2.75, 3.05) is 20.8 Å². The van der Waals surface area contributed by atoms with E-state index in [1.54, 1.807) is 14.2 Å². The van der Waals surface area contributed by atoms with Gasteiger partial charge >= 0.3 is 0 Å². The summed E-state index contributed by atoms with van der Waals surface area (Å²) in [4.78, 5) is 15.0. The summed E-state index contributed by atoms with van der Waals surface area (Å²) in [6.45, 7) is 2.92. The molecular formula is C22H27NO3. The molecule has 0 bridgehead atoms. The number of likely N-dealkylation sites (tertiary alicyclic amines) is 1. The molecule has 2 aromatic rings. The van der Waals surface area contributed by atoms with Gasteiger partial charge in [0.05, 0.1) is 20.3 Å². The first-order chi connectivity index (χ1) is 12.6. The predicted octanol–water partition coefficient (Wildman–Crippen LogP) is 4.56. The lowest BCUT2D eigenvalue weighted by Crippen LogP contribution is -2.31. The quantitative estimate of drug-likeness (QED) is 0.764. The Kier molecular flexibility index (Phi) is 5.82. The van der Waals surface area contributed by atoms with Gasteiger partial charge in [0.15, 0.2) is 0 Å². The highest BCUT2D eigenvalue weighted by Gasteiger charge is 2.32. The maximum absolute atomic E-state index is 13.0. The fourth-order valence-corrected chi connectivity index (χ4v) is 3.76. The van der Waals surface area contributed by atoms with Crippen molar-refractivity contribution in [2.45, 2.75) is 38.1 Å². The van der Waals surface area contributed by atoms with Gasteiger partial charge in [0.1, 0.15) is 11.5 Å². The summed E-state index contributed by atoms with van der Waals surface area (Å²) in [7, 11) is 3.31. The lowest BCUT2D eigenvalue weighted by molar-refractivity contribution is -0.132. The van der Waals surface area contributed by atoms with Crippen LogP contribution < -0.4 is 9.47 Å². The molecule has 1 fully saturated rings. The van der Waals surface area contributed by atoms with Crippen molar-refractivity contribution in [3.63, 3.8) is 0 Å². The van der Waals surface area contributed by atoms with Gasteiger partial charge in [-0.3, -0.25) is 4.79 Å². The molecule has 0 spiro atoms. The smallest absolute Gasteiger partial charge is 0.223 e. The first kappa shape index (κ1) is 18.3. The summed E-state index contributed by atoms with van der Waals surface area (Å²) < 4.78 is 10.9. The van der Waals surface area contributed by atoms with Crippen LogP contribution in [0.3, 0.4) is 0 Å². The van der Waals surface area contributed by atoms with Crippen molar-refractivity contribution < 1.29 is 14.3 Å². The van der Waals surface area contributed by atoms with E-state index in [0.717, 1.165) is 36.4 Å². The SMILES string of the molecule is COc1ccc(C2CCCN2C(=O)CC(C)c2ccccc2)c(OC)c1. The number of carbonyl (C=O) groups is 1. The number of methoxy groups -OCH3 is 2. The Morgan fingerprint density at radius 1 is 1.15 bits per heavy atom. The van der Waals surface area contributed by atoms with Gasteiger partial charge in [-0.05, 0) is 36.5 Å². The fraction of sp³-hybridized carbons (Fsp3) is 0.409. The molecule has 0 aliphatic carbocycles. The molecule has 1 heterocycles. The Hall–Kier alpha value is -2.49. The normalized spacial score (nSPS) is 17.8. The minimum Gasteiger partial charge on any atom is -0.497 e. The first-order valence-corrected chi connectivity index (χ1v) is 9.20. The summed E-state index contributed by atoms with van der Waals surface area (Å²) in [6, 6.07) is 16.2. The number of amides is 1. The zero-order valence-electron chi connectivity index (χ0n) is 15.8. The van der Waals surface area contributed by atoms with Gasteiger partial charge in [-0.1, -0.05) is 37.3 Å². The molecule has 0 aromatic heterocycles. The molecule has 3 rings (SSSR count). The van der Waals surface area contributed by atoms with Gasteiger partial charge in [0.25, 0.3) is 0 Å². The van der Waals surface area contributed by atoms with Crippen LogP contribution in [0.25, 0.3) is 0 Å². The number of nitrogens with zero attached hydrogens (tertiary/aromatic N) is 1.